The molecule has 244 valence electrons. The molecule has 1 aromatic heterocycles. The second kappa shape index (κ2) is 13.9. The van der Waals surface area contributed by atoms with Crippen LogP contribution in [-0.4, -0.2) is 137 Å². The minimum atomic E-state index is -5.54. The van der Waals surface area contributed by atoms with Crippen LogP contribution in [-0.2, 0) is 27.9 Å². The van der Waals surface area contributed by atoms with Crippen molar-refractivity contribution in [1.82, 2.24) is 20.2 Å². The number of rotatable bonds is 12. The van der Waals surface area contributed by atoms with Gasteiger partial charge in [0.05, 0.1) is 25.4 Å². The van der Waals surface area contributed by atoms with Gasteiger partial charge >= 0.3 is 25.5 Å². The predicted octanol–water partition coefficient (Wildman–Crippen LogP) is -5.09. The van der Waals surface area contributed by atoms with Gasteiger partial charge in [-0.05, 0) is 13.0 Å². The summed E-state index contributed by atoms with van der Waals surface area (Å²) in [6, 6.07) is -1.31. The van der Waals surface area contributed by atoms with E-state index in [0.29, 0.717) is 0 Å². The van der Waals surface area contributed by atoms with E-state index < -0.39 is 106 Å². The number of anilines is 1. The molecule has 22 heteroatoms. The van der Waals surface area contributed by atoms with Gasteiger partial charge in [-0.25, -0.2) is 23.5 Å². The number of carbonyl (C=O) groups is 2. The lowest BCUT2D eigenvalue weighted by Crippen LogP contribution is -2.68. The molecule has 2 amide bonds. The van der Waals surface area contributed by atoms with Crippen molar-refractivity contribution in [2.24, 2.45) is 0 Å². The maximum Gasteiger partial charge on any atom is 0.475 e. The van der Waals surface area contributed by atoms with Crippen molar-refractivity contribution in [2.75, 3.05) is 25.5 Å². The van der Waals surface area contributed by atoms with Gasteiger partial charge in [0.1, 0.15) is 42.4 Å². The van der Waals surface area contributed by atoms with E-state index in [2.05, 4.69) is 15.6 Å². The first-order valence-corrected chi connectivity index (χ1v) is 14.2. The Labute approximate surface area is 242 Å². The van der Waals surface area contributed by atoms with Crippen molar-refractivity contribution >= 4 is 25.6 Å². The van der Waals surface area contributed by atoms with E-state index in [1.807, 2.05) is 0 Å². The first-order valence-electron chi connectivity index (χ1n) is 12.7. The Morgan fingerprint density at radius 1 is 1.30 bits per heavy atom. The number of urea groups is 1. The lowest BCUT2D eigenvalue weighted by Gasteiger charge is -2.46. The summed E-state index contributed by atoms with van der Waals surface area (Å²) in [5, 5.41) is 75.6. The van der Waals surface area contributed by atoms with Crippen LogP contribution in [0.3, 0.4) is 0 Å². The number of hydrogen-bond donors (Lipinski definition) is 11. The molecule has 2 saturated heterocycles. The summed E-state index contributed by atoms with van der Waals surface area (Å²) in [5.74, 6) is -5.47. The molecule has 0 radical (unpaired) electrons. The normalized spacial score (nSPS) is 33.7. The van der Waals surface area contributed by atoms with Gasteiger partial charge in [-0.3, -0.25) is 9.09 Å². The lowest BCUT2D eigenvalue weighted by atomic mass is 9.89. The third kappa shape index (κ3) is 7.84. The fourth-order valence-electron chi connectivity index (χ4n) is 4.44. The van der Waals surface area contributed by atoms with Crippen molar-refractivity contribution in [3.05, 3.63) is 22.7 Å². The number of phosphoric ester groups is 1. The number of carbonyl (C=O) groups excluding carboxylic acids is 1. The molecule has 3 heterocycles. The number of ether oxygens (including phenoxy) is 2. The van der Waals surface area contributed by atoms with Gasteiger partial charge in [0.25, 0.3) is 5.79 Å². The standard InChI is InChI=1S/C21H34N5O16P/c1-2-23-19(35)25-12-8(28)5-21(18(33)34,41-16(12)13(30)9(29)6-27)42-43(37,38)39-7-10-14(31)15(32)17(40-10)26-4-3-11(22)24-20(26)36/h3-4,8-10,12-17,27-32H,2,5-7H2,1H3,(H,33,34)(H,37,38)(H2,22,24,36)(H2,23,25,35)/t8?,9-,10?,12?,13-,14?,15?,16?,17?,21?/m1/s1. The van der Waals surface area contributed by atoms with Crippen molar-refractivity contribution < 1.29 is 73.3 Å². The Balaban J connectivity index is 1.79. The Morgan fingerprint density at radius 3 is 2.56 bits per heavy atom. The molecular formula is C21H34N5O16P. The summed E-state index contributed by atoms with van der Waals surface area (Å²) < 4.78 is 33.9. The molecule has 0 bridgehead atoms. The number of carboxylic acid groups (broad SMARTS) is 1. The first-order chi connectivity index (χ1) is 20.1. The topological polar surface area (TPSA) is 335 Å². The minimum Gasteiger partial charge on any atom is -0.477 e. The molecule has 9 unspecified atom stereocenters. The summed E-state index contributed by atoms with van der Waals surface area (Å²) in [5.41, 5.74) is 4.47. The lowest BCUT2D eigenvalue weighted by molar-refractivity contribution is -0.288. The molecule has 2 aliphatic rings. The van der Waals surface area contributed by atoms with E-state index in [-0.39, 0.29) is 12.4 Å². The summed E-state index contributed by atoms with van der Waals surface area (Å²) in [4.78, 5) is 50.3. The maximum absolute atomic E-state index is 12.9. The fourth-order valence-corrected chi connectivity index (χ4v) is 5.40. The fraction of sp³-hybridized carbons (Fsp3) is 0.714. The average Bonchev–Trinajstić information content (AvgIpc) is 3.20. The van der Waals surface area contributed by atoms with Crippen LogP contribution >= 0.6 is 7.82 Å². The second-order valence-electron chi connectivity index (χ2n) is 9.63. The van der Waals surface area contributed by atoms with Crippen molar-refractivity contribution in [1.29, 1.82) is 0 Å². The van der Waals surface area contributed by atoms with Gasteiger partial charge in [0.15, 0.2) is 6.23 Å². The molecule has 43 heavy (non-hydrogen) atoms. The zero-order chi connectivity index (χ0) is 32.3. The number of nitrogens with one attached hydrogen (secondary N) is 2. The van der Waals surface area contributed by atoms with Crippen LogP contribution in [0.25, 0.3) is 0 Å². The SMILES string of the molecule is CCNC(=O)NC1C(O)CC(OP(=O)(O)OCC2OC(n3ccc(N)nc3=O)C(O)C2O)(C(=O)O)OC1[C@H](O)[C@H](O)CO. The highest BCUT2D eigenvalue weighted by molar-refractivity contribution is 7.47. The van der Waals surface area contributed by atoms with Gasteiger partial charge in [-0.1, -0.05) is 0 Å². The molecule has 0 saturated carbocycles. The molecule has 0 aromatic carbocycles. The van der Waals surface area contributed by atoms with Crippen LogP contribution in [0.4, 0.5) is 10.6 Å². The van der Waals surface area contributed by atoms with Crippen LogP contribution in [0.2, 0.25) is 0 Å². The largest absolute Gasteiger partial charge is 0.477 e. The minimum absolute atomic E-state index is 0.125. The number of aliphatic hydroxyl groups is 6. The molecule has 0 spiro atoms. The summed E-state index contributed by atoms with van der Waals surface area (Å²) in [7, 11) is -5.54. The van der Waals surface area contributed by atoms with E-state index in [0.717, 1.165) is 10.8 Å². The number of nitrogen functional groups attached to an aromatic ring is 1. The zero-order valence-corrected chi connectivity index (χ0v) is 23.3. The van der Waals surface area contributed by atoms with Gasteiger partial charge in [0.2, 0.25) is 0 Å². The van der Waals surface area contributed by atoms with Crippen molar-refractivity contribution in [2.45, 2.75) is 74.1 Å². The third-order valence-electron chi connectivity index (χ3n) is 6.58. The van der Waals surface area contributed by atoms with Gasteiger partial charge < -0.3 is 66.5 Å². The number of nitrogens with two attached hydrogens (primary N) is 1. The quantitative estimate of drug-likeness (QED) is 0.0949. The second-order valence-corrected chi connectivity index (χ2v) is 11.0. The molecule has 0 aliphatic carbocycles. The third-order valence-corrected chi connectivity index (χ3v) is 7.58. The number of amides is 2. The number of nitrogens with zero attached hydrogens (tertiary/aromatic N) is 2. The monoisotopic (exact) mass is 643 g/mol. The van der Waals surface area contributed by atoms with Gasteiger partial charge in [0, 0.05) is 19.2 Å². The molecule has 12 N–H and O–H groups in total. The number of aliphatic hydroxyl groups excluding tert-OH is 6. The highest BCUT2D eigenvalue weighted by Gasteiger charge is 2.59. The number of hydrogen-bond acceptors (Lipinski definition) is 16. The van der Waals surface area contributed by atoms with Crippen LogP contribution in [0, 0.1) is 0 Å². The summed E-state index contributed by atoms with van der Waals surface area (Å²) in [6.45, 7) is -0.403. The highest BCUT2D eigenvalue weighted by atomic mass is 31.2. The summed E-state index contributed by atoms with van der Waals surface area (Å²) >= 11 is 0. The smallest absolute Gasteiger partial charge is 0.475 e. The molecule has 21 nitrogen and oxygen atoms in total. The number of aliphatic carboxylic acids is 1. The maximum atomic E-state index is 12.9. The Morgan fingerprint density at radius 2 is 1.98 bits per heavy atom. The molecule has 11 atom stereocenters. The molecule has 3 rings (SSSR count). The number of phosphoric acid groups is 1. The van der Waals surface area contributed by atoms with E-state index in [1.54, 1.807) is 6.92 Å². The highest BCUT2D eigenvalue weighted by Crippen LogP contribution is 2.51. The molecule has 2 aliphatic heterocycles. The van der Waals surface area contributed by atoms with Crippen LogP contribution in [0.5, 0.6) is 0 Å². The van der Waals surface area contributed by atoms with Crippen molar-refractivity contribution in [3.8, 4) is 0 Å². The predicted molar refractivity (Wildman–Crippen MR) is 137 cm³/mol. The number of aromatic nitrogens is 2. The van der Waals surface area contributed by atoms with E-state index in [1.165, 1.54) is 6.07 Å². The van der Waals surface area contributed by atoms with Crippen molar-refractivity contribution in [3.63, 3.8) is 0 Å². The number of carboxylic acids is 1. The Bertz CT molecular complexity index is 1250. The van der Waals surface area contributed by atoms with Crippen LogP contribution < -0.4 is 22.1 Å². The zero-order valence-electron chi connectivity index (χ0n) is 22.4. The molecule has 1 aromatic rings. The Kier molecular flexibility index (Phi) is 11.2. The summed E-state index contributed by atoms with van der Waals surface area (Å²) in [6.07, 6.45) is -14.8. The Hall–Kier alpha value is -2.79. The van der Waals surface area contributed by atoms with E-state index >= 15 is 0 Å². The van der Waals surface area contributed by atoms with Gasteiger partial charge in [-0.15, -0.1) is 0 Å². The van der Waals surface area contributed by atoms with Gasteiger partial charge in [-0.2, -0.15) is 4.98 Å². The van der Waals surface area contributed by atoms with E-state index in [4.69, 9.17) is 24.3 Å². The molecular weight excluding hydrogens is 609 g/mol. The average molecular weight is 643 g/mol. The van der Waals surface area contributed by atoms with Crippen LogP contribution in [0.1, 0.15) is 19.6 Å². The first kappa shape index (κ1) is 34.7. The molecule has 2 fully saturated rings. The van der Waals surface area contributed by atoms with Crippen LogP contribution in [0.15, 0.2) is 17.1 Å². The van der Waals surface area contributed by atoms with E-state index in [9.17, 15) is 59.6 Å².